The molecule has 1 saturated carbocycles. The van der Waals surface area contributed by atoms with Crippen molar-refractivity contribution in [3.05, 3.63) is 28.8 Å². The molecule has 3 heteroatoms. The van der Waals surface area contributed by atoms with Crippen LogP contribution in [0.2, 0.25) is 5.02 Å². The van der Waals surface area contributed by atoms with Gasteiger partial charge < -0.3 is 11.1 Å². The second-order valence-electron chi connectivity index (χ2n) is 6.11. The molecular weight excluding hydrogens is 244 g/mol. The van der Waals surface area contributed by atoms with Crippen molar-refractivity contribution in [2.45, 2.75) is 45.6 Å². The molecule has 1 aromatic carbocycles. The van der Waals surface area contributed by atoms with Crippen LogP contribution in [-0.4, -0.2) is 12.1 Å². The third-order valence-corrected chi connectivity index (χ3v) is 5.01. The van der Waals surface area contributed by atoms with Crippen molar-refractivity contribution in [2.75, 3.05) is 11.9 Å². The second kappa shape index (κ2) is 4.75. The molecule has 1 atom stereocenters. The molecule has 0 aromatic heterocycles. The third kappa shape index (κ3) is 2.24. The molecule has 0 amide bonds. The van der Waals surface area contributed by atoms with Crippen LogP contribution in [0.15, 0.2) is 18.2 Å². The lowest BCUT2D eigenvalue weighted by Gasteiger charge is -2.42. The highest BCUT2D eigenvalue weighted by molar-refractivity contribution is 6.31. The fourth-order valence-corrected chi connectivity index (χ4v) is 3.20. The standard InChI is InChI=1S/C15H23ClN2/c1-11-5-6-12(9-13(11)16)18-15(10-17)8-4-7-14(15,2)3/h5-6,9,18H,4,7-8,10,17H2,1-3H3. The lowest BCUT2D eigenvalue weighted by atomic mass is 9.74. The summed E-state index contributed by atoms with van der Waals surface area (Å²) in [5, 5.41) is 4.46. The quantitative estimate of drug-likeness (QED) is 0.869. The Labute approximate surface area is 115 Å². The molecule has 0 saturated heterocycles. The molecule has 3 N–H and O–H groups in total. The molecular formula is C15H23ClN2. The van der Waals surface area contributed by atoms with Crippen molar-refractivity contribution in [2.24, 2.45) is 11.1 Å². The monoisotopic (exact) mass is 266 g/mol. The molecule has 1 aromatic rings. The summed E-state index contributed by atoms with van der Waals surface area (Å²) in [5.41, 5.74) is 8.46. The maximum absolute atomic E-state index is 6.19. The van der Waals surface area contributed by atoms with Gasteiger partial charge >= 0.3 is 0 Å². The van der Waals surface area contributed by atoms with Gasteiger partial charge in [-0.1, -0.05) is 37.9 Å². The zero-order valence-electron chi connectivity index (χ0n) is 11.5. The van der Waals surface area contributed by atoms with Crippen molar-refractivity contribution >= 4 is 17.3 Å². The first-order valence-corrected chi connectivity index (χ1v) is 7.02. The highest BCUT2D eigenvalue weighted by Crippen LogP contribution is 2.47. The Kier molecular flexibility index (Phi) is 3.61. The van der Waals surface area contributed by atoms with Crippen LogP contribution in [0.5, 0.6) is 0 Å². The van der Waals surface area contributed by atoms with E-state index < -0.39 is 0 Å². The van der Waals surface area contributed by atoms with E-state index in [2.05, 4.69) is 31.3 Å². The fraction of sp³-hybridized carbons (Fsp3) is 0.600. The fourth-order valence-electron chi connectivity index (χ4n) is 3.02. The van der Waals surface area contributed by atoms with E-state index in [0.29, 0.717) is 6.54 Å². The van der Waals surface area contributed by atoms with Gasteiger partial charge in [0.1, 0.15) is 0 Å². The normalized spacial score (nSPS) is 26.3. The van der Waals surface area contributed by atoms with Gasteiger partial charge in [0.05, 0.1) is 5.54 Å². The zero-order valence-corrected chi connectivity index (χ0v) is 12.3. The van der Waals surface area contributed by atoms with Crippen molar-refractivity contribution < 1.29 is 0 Å². The van der Waals surface area contributed by atoms with Crippen LogP contribution in [0.4, 0.5) is 5.69 Å². The highest BCUT2D eigenvalue weighted by Gasteiger charge is 2.47. The molecule has 1 aliphatic rings. The van der Waals surface area contributed by atoms with Gasteiger partial charge in [-0.2, -0.15) is 0 Å². The van der Waals surface area contributed by atoms with E-state index in [0.717, 1.165) is 22.7 Å². The SMILES string of the molecule is Cc1ccc(NC2(CN)CCCC2(C)C)cc1Cl. The van der Waals surface area contributed by atoms with Crippen molar-refractivity contribution in [1.29, 1.82) is 0 Å². The summed E-state index contributed by atoms with van der Waals surface area (Å²) in [5.74, 6) is 0. The Balaban J connectivity index is 2.28. The smallest absolute Gasteiger partial charge is 0.0546 e. The number of halogens is 1. The van der Waals surface area contributed by atoms with Crippen molar-refractivity contribution in [1.82, 2.24) is 0 Å². The van der Waals surface area contributed by atoms with E-state index >= 15 is 0 Å². The first-order valence-electron chi connectivity index (χ1n) is 6.65. The zero-order chi connectivity index (χ0) is 13.4. The van der Waals surface area contributed by atoms with Gasteiger partial charge in [0, 0.05) is 17.3 Å². The second-order valence-corrected chi connectivity index (χ2v) is 6.52. The van der Waals surface area contributed by atoms with Gasteiger partial charge in [0.15, 0.2) is 0 Å². The van der Waals surface area contributed by atoms with Crippen LogP contribution in [0.3, 0.4) is 0 Å². The van der Waals surface area contributed by atoms with Crippen molar-refractivity contribution in [3.63, 3.8) is 0 Å². The molecule has 2 rings (SSSR count). The number of nitrogens with two attached hydrogens (primary N) is 1. The Morgan fingerprint density at radius 2 is 2.06 bits per heavy atom. The summed E-state index contributed by atoms with van der Waals surface area (Å²) in [7, 11) is 0. The largest absolute Gasteiger partial charge is 0.378 e. The Morgan fingerprint density at radius 3 is 2.56 bits per heavy atom. The molecule has 0 spiro atoms. The van der Waals surface area contributed by atoms with Gasteiger partial charge in [0.25, 0.3) is 0 Å². The predicted octanol–water partition coefficient (Wildman–Crippen LogP) is 3.97. The maximum Gasteiger partial charge on any atom is 0.0546 e. The summed E-state index contributed by atoms with van der Waals surface area (Å²) in [6.45, 7) is 7.28. The van der Waals surface area contributed by atoms with Crippen LogP contribution in [0, 0.1) is 12.3 Å². The Hall–Kier alpha value is -0.730. The minimum absolute atomic E-state index is 0.00835. The summed E-state index contributed by atoms with van der Waals surface area (Å²) in [6.07, 6.45) is 3.58. The van der Waals surface area contributed by atoms with Gasteiger partial charge in [-0.15, -0.1) is 0 Å². The van der Waals surface area contributed by atoms with E-state index in [9.17, 15) is 0 Å². The summed E-state index contributed by atoms with van der Waals surface area (Å²) < 4.78 is 0. The molecule has 0 radical (unpaired) electrons. The van der Waals surface area contributed by atoms with Gasteiger partial charge in [-0.3, -0.25) is 0 Å². The molecule has 1 unspecified atom stereocenters. The summed E-state index contributed by atoms with van der Waals surface area (Å²) in [4.78, 5) is 0. The van der Waals surface area contributed by atoms with Gasteiger partial charge in [-0.05, 0) is 42.9 Å². The first kappa shape index (κ1) is 13.7. The molecule has 18 heavy (non-hydrogen) atoms. The topological polar surface area (TPSA) is 38.0 Å². The molecule has 0 bridgehead atoms. The van der Waals surface area contributed by atoms with E-state index in [4.69, 9.17) is 17.3 Å². The molecule has 0 heterocycles. The van der Waals surface area contributed by atoms with E-state index in [1.165, 1.54) is 12.8 Å². The molecule has 0 aliphatic heterocycles. The predicted molar refractivity (Wildman–Crippen MR) is 79.2 cm³/mol. The highest BCUT2D eigenvalue weighted by atomic mass is 35.5. The lowest BCUT2D eigenvalue weighted by Crippen LogP contribution is -2.53. The Morgan fingerprint density at radius 1 is 1.33 bits per heavy atom. The molecule has 1 fully saturated rings. The van der Waals surface area contributed by atoms with Crippen LogP contribution in [0.1, 0.15) is 38.7 Å². The average molecular weight is 267 g/mol. The number of benzene rings is 1. The lowest BCUT2D eigenvalue weighted by molar-refractivity contribution is 0.239. The van der Waals surface area contributed by atoms with E-state index in [-0.39, 0.29) is 11.0 Å². The van der Waals surface area contributed by atoms with Gasteiger partial charge in [0.2, 0.25) is 0 Å². The Bertz CT molecular complexity index is 442. The summed E-state index contributed by atoms with van der Waals surface area (Å²) >= 11 is 6.19. The van der Waals surface area contributed by atoms with Crippen LogP contribution < -0.4 is 11.1 Å². The number of aryl methyl sites for hydroxylation is 1. The van der Waals surface area contributed by atoms with E-state index in [1.807, 2.05) is 13.0 Å². The van der Waals surface area contributed by atoms with Crippen LogP contribution in [0.25, 0.3) is 0 Å². The minimum Gasteiger partial charge on any atom is -0.378 e. The average Bonchev–Trinajstić information content (AvgIpc) is 2.60. The van der Waals surface area contributed by atoms with Crippen LogP contribution >= 0.6 is 11.6 Å². The van der Waals surface area contributed by atoms with Gasteiger partial charge in [-0.25, -0.2) is 0 Å². The molecule has 1 aliphatic carbocycles. The third-order valence-electron chi connectivity index (χ3n) is 4.60. The number of anilines is 1. The summed E-state index contributed by atoms with van der Waals surface area (Å²) in [6, 6.07) is 6.15. The number of hydrogen-bond acceptors (Lipinski definition) is 2. The number of hydrogen-bond donors (Lipinski definition) is 2. The van der Waals surface area contributed by atoms with E-state index in [1.54, 1.807) is 0 Å². The number of nitrogens with one attached hydrogen (secondary N) is 1. The molecule has 2 nitrogen and oxygen atoms in total. The minimum atomic E-state index is -0.00835. The maximum atomic E-state index is 6.19. The van der Waals surface area contributed by atoms with Crippen molar-refractivity contribution in [3.8, 4) is 0 Å². The number of rotatable bonds is 3. The molecule has 100 valence electrons. The van der Waals surface area contributed by atoms with Crippen LogP contribution in [-0.2, 0) is 0 Å². The first-order chi connectivity index (χ1) is 8.40.